The van der Waals surface area contributed by atoms with Crippen molar-refractivity contribution in [3.8, 4) is 0 Å². The molecule has 0 fully saturated rings. The average molecular weight is 677 g/mol. The second kappa shape index (κ2) is 13.8. The monoisotopic (exact) mass is 676 g/mol. The van der Waals surface area contributed by atoms with E-state index in [0.29, 0.717) is 0 Å². The van der Waals surface area contributed by atoms with Crippen molar-refractivity contribution in [2.24, 2.45) is 9.98 Å². The molecule has 4 aliphatic rings. The minimum Gasteiger partial charge on any atom is -0.664 e. The third-order valence-corrected chi connectivity index (χ3v) is 7.16. The number of aliphatic imine (C=N–C) groups is 2. The number of hydrogen-bond donors (Lipinski definition) is 0. The zero-order valence-electron chi connectivity index (χ0n) is 23.9. The molecule has 0 bridgehead atoms. The average Bonchev–Trinajstić information content (AvgIpc) is 3.93. The van der Waals surface area contributed by atoms with E-state index in [-0.39, 0.29) is 20.4 Å². The van der Waals surface area contributed by atoms with E-state index in [1.54, 1.807) is 49.9 Å². The molecule has 8 rings (SSSR count). The molecule has 8 nitrogen and oxygen atoms in total. The van der Waals surface area contributed by atoms with Crippen LogP contribution in [0.1, 0.15) is 22.8 Å². The van der Waals surface area contributed by atoms with Gasteiger partial charge in [0, 0.05) is 0 Å². The van der Waals surface area contributed by atoms with E-state index >= 15 is 0 Å². The quantitative estimate of drug-likeness (QED) is 0.225. The molecule has 6 heterocycles. The number of rotatable bonds is 4. The van der Waals surface area contributed by atoms with E-state index in [4.69, 9.17) is 0 Å². The molecular formula is C36H26N8Pd. The van der Waals surface area contributed by atoms with Crippen LogP contribution in [0.25, 0.3) is 11.1 Å². The molecule has 220 valence electrons. The fourth-order valence-corrected chi connectivity index (χ4v) is 5.07. The second-order valence-electron chi connectivity index (χ2n) is 9.87. The van der Waals surface area contributed by atoms with Crippen molar-refractivity contribution in [3.63, 3.8) is 0 Å². The van der Waals surface area contributed by atoms with Crippen LogP contribution in [-0.4, -0.2) is 33.3 Å². The van der Waals surface area contributed by atoms with Crippen molar-refractivity contribution in [1.29, 1.82) is 0 Å². The van der Waals surface area contributed by atoms with Crippen LogP contribution in [-0.2, 0) is 20.4 Å². The van der Waals surface area contributed by atoms with E-state index in [1.807, 2.05) is 70.1 Å². The fraction of sp³-hybridized carbons (Fsp3) is 0. The second-order valence-corrected chi connectivity index (χ2v) is 9.87. The summed E-state index contributed by atoms with van der Waals surface area (Å²) in [4.78, 5) is 25.9. The molecular weight excluding hydrogens is 651 g/mol. The molecule has 4 aromatic heterocycles. The molecule has 0 aromatic carbocycles. The Bertz CT molecular complexity index is 1730. The summed E-state index contributed by atoms with van der Waals surface area (Å²) in [6.45, 7) is 0. The van der Waals surface area contributed by atoms with Gasteiger partial charge in [-0.25, -0.2) is 0 Å². The van der Waals surface area contributed by atoms with E-state index in [9.17, 15) is 0 Å². The summed E-state index contributed by atoms with van der Waals surface area (Å²) in [6, 6.07) is 15.8. The first-order chi connectivity index (χ1) is 21.8. The van der Waals surface area contributed by atoms with Crippen molar-refractivity contribution in [2.75, 3.05) is 0 Å². The fourth-order valence-electron chi connectivity index (χ4n) is 5.07. The zero-order valence-corrected chi connectivity index (χ0v) is 25.5. The van der Waals surface area contributed by atoms with Gasteiger partial charge in [-0.05, 0) is 46.6 Å². The van der Waals surface area contributed by atoms with Crippen molar-refractivity contribution < 1.29 is 29.6 Å². The van der Waals surface area contributed by atoms with Crippen LogP contribution in [0.3, 0.4) is 0 Å². The molecule has 0 saturated heterocycles. The topological polar surface area (TPSA) is 87.1 Å². The van der Waals surface area contributed by atoms with Gasteiger partial charge in [0.15, 0.2) is 12.4 Å². The van der Waals surface area contributed by atoms with Crippen LogP contribution in [0.5, 0.6) is 0 Å². The summed E-state index contributed by atoms with van der Waals surface area (Å²) in [5, 5.41) is 0. The third kappa shape index (κ3) is 6.50. The predicted molar refractivity (Wildman–Crippen MR) is 173 cm³/mol. The van der Waals surface area contributed by atoms with Gasteiger partial charge in [-0.3, -0.25) is 0 Å². The Morgan fingerprint density at radius 3 is 1.04 bits per heavy atom. The van der Waals surface area contributed by atoms with E-state index < -0.39 is 0 Å². The Balaban J connectivity index is 0.000000155. The van der Waals surface area contributed by atoms with E-state index in [0.717, 1.165) is 56.5 Å². The molecule has 2 aliphatic carbocycles. The maximum Gasteiger partial charge on any atom is 2.00 e. The summed E-state index contributed by atoms with van der Waals surface area (Å²) < 4.78 is 3.95. The summed E-state index contributed by atoms with van der Waals surface area (Å²) >= 11 is 0. The van der Waals surface area contributed by atoms with Gasteiger partial charge in [0.05, 0.1) is 0 Å². The molecule has 0 unspecified atom stereocenters. The van der Waals surface area contributed by atoms with Crippen LogP contribution in [0.2, 0.25) is 0 Å². The van der Waals surface area contributed by atoms with Crippen LogP contribution in [0, 0.1) is 0 Å². The Kier molecular flexibility index (Phi) is 9.02. The minimum atomic E-state index is 0. The molecule has 0 radical (unpaired) electrons. The summed E-state index contributed by atoms with van der Waals surface area (Å²) in [7, 11) is 0. The first kappa shape index (κ1) is 29.5. The molecule has 0 N–H and O–H groups in total. The van der Waals surface area contributed by atoms with Crippen LogP contribution < -0.4 is 19.9 Å². The van der Waals surface area contributed by atoms with Gasteiger partial charge in [-0.2, -0.15) is 33.9 Å². The Morgan fingerprint density at radius 2 is 0.800 bits per heavy atom. The van der Waals surface area contributed by atoms with Crippen LogP contribution in [0.15, 0.2) is 168 Å². The van der Waals surface area contributed by atoms with Crippen LogP contribution in [0.4, 0.5) is 0 Å². The maximum absolute atomic E-state index is 4.43. The number of nitrogens with zero attached hydrogens (tertiary/aromatic N) is 8. The largest absolute Gasteiger partial charge is 2.00 e. The third-order valence-electron chi connectivity index (χ3n) is 7.16. The summed E-state index contributed by atoms with van der Waals surface area (Å²) in [6.07, 6.45) is 34.8. The van der Waals surface area contributed by atoms with Crippen molar-refractivity contribution in [2.45, 2.75) is 0 Å². The minimum absolute atomic E-state index is 0. The van der Waals surface area contributed by atoms with Gasteiger partial charge in [-0.15, -0.1) is 22.8 Å². The molecule has 0 amide bonds. The molecule has 45 heavy (non-hydrogen) atoms. The van der Waals surface area contributed by atoms with Gasteiger partial charge in [-0.1, -0.05) is 82.8 Å². The molecule has 0 saturated carbocycles. The Labute approximate surface area is 274 Å². The number of aromatic nitrogens is 4. The zero-order chi connectivity index (χ0) is 29.6. The first-order valence-electron chi connectivity index (χ1n) is 14.1. The predicted octanol–water partition coefficient (Wildman–Crippen LogP) is 4.99. The van der Waals surface area contributed by atoms with Gasteiger partial charge in [0.25, 0.3) is 12.7 Å². The standard InChI is InChI=1S/2C18H13N4.Pd/c2*1-3-16(20-9-1)18(17-4-2-10-21-17)14-5-7-15(8-6-14)22-12-11-19-13-22;/h2*1-13H;/q2*-1;+2. The normalized spacial score (nSPS) is 15.7. The number of hydrogen-bond acceptors (Lipinski definition) is 2. The molecule has 0 spiro atoms. The van der Waals surface area contributed by atoms with Gasteiger partial charge in [0.1, 0.15) is 23.8 Å². The van der Waals surface area contributed by atoms with Crippen molar-refractivity contribution >= 4 is 35.2 Å². The van der Waals surface area contributed by atoms with Crippen molar-refractivity contribution in [1.82, 2.24) is 19.9 Å². The van der Waals surface area contributed by atoms with E-state index in [2.05, 4.69) is 78.5 Å². The molecule has 4 aromatic rings. The summed E-state index contributed by atoms with van der Waals surface area (Å²) in [5.41, 5.74) is 10.2. The maximum atomic E-state index is 4.43. The van der Waals surface area contributed by atoms with Crippen LogP contribution >= 0.6 is 0 Å². The summed E-state index contributed by atoms with van der Waals surface area (Å²) in [5.74, 6) is 0. The van der Waals surface area contributed by atoms with Gasteiger partial charge in [0.2, 0.25) is 0 Å². The van der Waals surface area contributed by atoms with Gasteiger partial charge < -0.3 is 19.9 Å². The number of allylic oxidation sites excluding steroid dienone is 10. The molecule has 9 heteroatoms. The van der Waals surface area contributed by atoms with Crippen molar-refractivity contribution in [3.05, 3.63) is 181 Å². The first-order valence-corrected chi connectivity index (χ1v) is 14.1. The van der Waals surface area contributed by atoms with Gasteiger partial charge >= 0.3 is 20.4 Å². The SMILES string of the molecule is C1=C[N+](=C2C=CC(=C(c3ccc[n-]3)c3ccc[n-]3)C=C2)C=N1.C1=C[N+](=C2C=CC(=C(c3ccc[n-]3)c3ccc[n-]3)C=C2)C=N1.[Pd+2]. The van der Waals surface area contributed by atoms with E-state index in [1.165, 1.54) is 0 Å². The smallest absolute Gasteiger partial charge is 0.664 e. The Hall–Kier alpha value is -5.62. The Morgan fingerprint density at radius 1 is 0.467 bits per heavy atom. The molecule has 0 atom stereocenters. The molecule has 2 aliphatic heterocycles.